The van der Waals surface area contributed by atoms with E-state index in [4.69, 9.17) is 4.74 Å². The largest absolute Gasteiger partial charge is 0.508 e. The second-order valence-corrected chi connectivity index (χ2v) is 7.44. The van der Waals surface area contributed by atoms with E-state index in [1.54, 1.807) is 19.1 Å². The number of rotatable bonds is 1. The summed E-state index contributed by atoms with van der Waals surface area (Å²) in [6, 6.07) is 9.20. The van der Waals surface area contributed by atoms with Crippen molar-refractivity contribution in [3.63, 3.8) is 0 Å². The monoisotopic (exact) mass is 362 g/mol. The lowest BCUT2D eigenvalue weighted by atomic mass is 9.75. The zero-order chi connectivity index (χ0) is 18.9. The number of Topliss-reactive ketones (excluding diaryl/α,β-unsaturated/α-hetero) is 1. The van der Waals surface area contributed by atoms with Crippen LogP contribution in [-0.4, -0.2) is 34.2 Å². The van der Waals surface area contributed by atoms with Crippen LogP contribution in [0.2, 0.25) is 0 Å². The molecular formula is C22H18O5. The van der Waals surface area contributed by atoms with Crippen LogP contribution in [0, 0.1) is 5.92 Å². The molecule has 5 rings (SSSR count). The number of allylic oxidation sites excluding steroid dienone is 1. The molecule has 2 aliphatic carbocycles. The average Bonchev–Trinajstić information content (AvgIpc) is 3.01. The number of fused-ring (bicyclic) bond motifs is 4. The Kier molecular flexibility index (Phi) is 3.19. The maximum absolute atomic E-state index is 13.1. The summed E-state index contributed by atoms with van der Waals surface area (Å²) in [5.74, 6) is -0.889. The van der Waals surface area contributed by atoms with Gasteiger partial charge >= 0.3 is 5.97 Å². The molecule has 0 amide bonds. The molecule has 0 spiro atoms. The van der Waals surface area contributed by atoms with Gasteiger partial charge in [-0.05, 0) is 58.5 Å². The maximum Gasteiger partial charge on any atom is 0.343 e. The van der Waals surface area contributed by atoms with E-state index in [1.807, 2.05) is 24.3 Å². The predicted octanol–water partition coefficient (Wildman–Crippen LogP) is 2.68. The van der Waals surface area contributed by atoms with E-state index in [0.29, 0.717) is 17.6 Å². The Labute approximate surface area is 155 Å². The first kappa shape index (κ1) is 16.3. The summed E-state index contributed by atoms with van der Waals surface area (Å²) in [4.78, 5) is 25.3. The summed E-state index contributed by atoms with van der Waals surface area (Å²) in [6.07, 6.45) is 2.54. The van der Waals surface area contributed by atoms with Crippen molar-refractivity contribution in [3.05, 3.63) is 58.7 Å². The topological polar surface area (TPSA) is 83.8 Å². The Bertz CT molecular complexity index is 1110. The SMILES string of the molecule is CCC1(O)C(=O)OCC2=C1C=C1c3cc4ccc(O)cc4cc3CC1C2=O. The fourth-order valence-corrected chi connectivity index (χ4v) is 4.51. The lowest BCUT2D eigenvalue weighted by molar-refractivity contribution is -0.163. The zero-order valence-corrected chi connectivity index (χ0v) is 14.8. The number of hydrogen-bond donors (Lipinski definition) is 2. The van der Waals surface area contributed by atoms with E-state index in [1.165, 1.54) is 0 Å². The molecule has 0 radical (unpaired) electrons. The maximum atomic E-state index is 13.1. The number of aliphatic hydroxyl groups is 1. The Hall–Kier alpha value is -2.92. The van der Waals surface area contributed by atoms with E-state index in [2.05, 4.69) is 0 Å². The van der Waals surface area contributed by atoms with Crippen LogP contribution in [0.4, 0.5) is 0 Å². The number of aromatic hydroxyl groups is 1. The molecule has 1 aliphatic heterocycles. The van der Waals surface area contributed by atoms with Gasteiger partial charge in [0.15, 0.2) is 11.4 Å². The van der Waals surface area contributed by atoms with Crippen molar-refractivity contribution < 1.29 is 24.5 Å². The van der Waals surface area contributed by atoms with Crippen LogP contribution in [0.15, 0.2) is 47.6 Å². The predicted molar refractivity (Wildman–Crippen MR) is 99.0 cm³/mol. The number of phenols is 1. The highest BCUT2D eigenvalue weighted by Gasteiger charge is 2.49. The van der Waals surface area contributed by atoms with Gasteiger partial charge < -0.3 is 14.9 Å². The molecule has 0 fully saturated rings. The van der Waals surface area contributed by atoms with Gasteiger partial charge in [0.1, 0.15) is 12.4 Å². The second kappa shape index (κ2) is 5.30. The molecule has 0 aromatic heterocycles. The summed E-state index contributed by atoms with van der Waals surface area (Å²) in [5.41, 5.74) is 1.87. The van der Waals surface area contributed by atoms with Crippen LogP contribution >= 0.6 is 0 Å². The highest BCUT2D eigenvalue weighted by molar-refractivity contribution is 6.12. The van der Waals surface area contributed by atoms with Crippen molar-refractivity contribution in [2.24, 2.45) is 5.92 Å². The third kappa shape index (κ3) is 2.09. The van der Waals surface area contributed by atoms with Crippen LogP contribution in [-0.2, 0) is 20.7 Å². The second-order valence-electron chi connectivity index (χ2n) is 7.44. The highest BCUT2D eigenvalue weighted by Crippen LogP contribution is 2.47. The van der Waals surface area contributed by atoms with Crippen molar-refractivity contribution in [1.82, 2.24) is 0 Å². The molecule has 2 unspecified atom stereocenters. The zero-order valence-electron chi connectivity index (χ0n) is 14.8. The number of hydrogen-bond acceptors (Lipinski definition) is 5. The number of benzene rings is 2. The Balaban J connectivity index is 1.72. The minimum Gasteiger partial charge on any atom is -0.508 e. The number of ketones is 1. The first-order chi connectivity index (χ1) is 12.9. The summed E-state index contributed by atoms with van der Waals surface area (Å²) in [5, 5.41) is 22.5. The molecule has 3 aliphatic rings. The van der Waals surface area contributed by atoms with E-state index in [-0.39, 0.29) is 30.5 Å². The van der Waals surface area contributed by atoms with Crippen LogP contribution in [0.3, 0.4) is 0 Å². The minimum atomic E-state index is -1.77. The van der Waals surface area contributed by atoms with E-state index < -0.39 is 11.6 Å². The van der Waals surface area contributed by atoms with Crippen molar-refractivity contribution in [2.45, 2.75) is 25.4 Å². The lowest BCUT2D eigenvalue weighted by Gasteiger charge is -2.35. The first-order valence-electron chi connectivity index (χ1n) is 9.07. The molecule has 2 aromatic rings. The molecular weight excluding hydrogens is 344 g/mol. The van der Waals surface area contributed by atoms with Gasteiger partial charge in [0.2, 0.25) is 0 Å². The van der Waals surface area contributed by atoms with Gasteiger partial charge in [0, 0.05) is 11.1 Å². The molecule has 0 saturated heterocycles. The van der Waals surface area contributed by atoms with Crippen molar-refractivity contribution in [3.8, 4) is 5.75 Å². The summed E-state index contributed by atoms with van der Waals surface area (Å²) >= 11 is 0. The fourth-order valence-electron chi connectivity index (χ4n) is 4.51. The normalized spacial score (nSPS) is 26.4. The van der Waals surface area contributed by atoms with E-state index in [0.717, 1.165) is 27.5 Å². The first-order valence-corrected chi connectivity index (χ1v) is 9.07. The number of esters is 1. The molecule has 2 atom stereocenters. The third-order valence-corrected chi connectivity index (χ3v) is 6.04. The number of carbonyl (C=O) groups excluding carboxylic acids is 2. The third-order valence-electron chi connectivity index (χ3n) is 6.04. The van der Waals surface area contributed by atoms with Gasteiger partial charge in [0.25, 0.3) is 0 Å². The van der Waals surface area contributed by atoms with Crippen LogP contribution < -0.4 is 0 Å². The minimum absolute atomic E-state index is 0.0787. The Morgan fingerprint density at radius 1 is 1.19 bits per heavy atom. The fraction of sp³-hybridized carbons (Fsp3) is 0.273. The Morgan fingerprint density at radius 3 is 2.78 bits per heavy atom. The van der Waals surface area contributed by atoms with Crippen molar-refractivity contribution in [1.29, 1.82) is 0 Å². The van der Waals surface area contributed by atoms with Gasteiger partial charge in [-0.1, -0.05) is 25.1 Å². The number of cyclic esters (lactones) is 1. The van der Waals surface area contributed by atoms with Crippen molar-refractivity contribution >= 4 is 28.1 Å². The van der Waals surface area contributed by atoms with Gasteiger partial charge in [-0.3, -0.25) is 4.79 Å². The molecule has 2 aromatic carbocycles. The summed E-state index contributed by atoms with van der Waals surface area (Å²) in [7, 11) is 0. The molecule has 0 bridgehead atoms. The standard InChI is InChI=1S/C22H18O5/c1-2-22(26)19-9-16-15-7-11-3-4-14(23)6-12(11)5-13(15)8-17(16)20(24)18(19)10-27-21(22)25/h3-7,9,17,23,26H,2,8,10H2,1H3. The number of carbonyl (C=O) groups is 2. The molecule has 136 valence electrons. The average molecular weight is 362 g/mol. The van der Waals surface area contributed by atoms with Gasteiger partial charge in [-0.25, -0.2) is 4.79 Å². The van der Waals surface area contributed by atoms with Gasteiger partial charge in [0.05, 0.1) is 5.92 Å². The van der Waals surface area contributed by atoms with Crippen LogP contribution in [0.5, 0.6) is 5.75 Å². The molecule has 5 nitrogen and oxygen atoms in total. The number of phenolic OH excluding ortho intramolecular Hbond substituents is 1. The molecule has 2 N–H and O–H groups in total. The smallest absolute Gasteiger partial charge is 0.343 e. The molecule has 1 heterocycles. The van der Waals surface area contributed by atoms with E-state index in [9.17, 15) is 19.8 Å². The van der Waals surface area contributed by atoms with Crippen LogP contribution in [0.25, 0.3) is 16.3 Å². The van der Waals surface area contributed by atoms with E-state index >= 15 is 0 Å². The lowest BCUT2D eigenvalue weighted by Crippen LogP contribution is -2.48. The molecule has 0 saturated carbocycles. The highest BCUT2D eigenvalue weighted by atomic mass is 16.6. The molecule has 27 heavy (non-hydrogen) atoms. The van der Waals surface area contributed by atoms with Gasteiger partial charge in [-0.15, -0.1) is 0 Å². The number of ether oxygens (including phenoxy) is 1. The molecule has 5 heteroatoms. The van der Waals surface area contributed by atoms with Crippen molar-refractivity contribution in [2.75, 3.05) is 6.61 Å². The Morgan fingerprint density at radius 2 is 2.00 bits per heavy atom. The van der Waals surface area contributed by atoms with Crippen LogP contribution in [0.1, 0.15) is 24.5 Å². The summed E-state index contributed by atoms with van der Waals surface area (Å²) < 4.78 is 5.10. The quantitative estimate of drug-likeness (QED) is 0.762. The summed E-state index contributed by atoms with van der Waals surface area (Å²) in [6.45, 7) is 1.62. The van der Waals surface area contributed by atoms with Gasteiger partial charge in [-0.2, -0.15) is 0 Å².